The molecule has 5 aromatic rings. The zero-order valence-electron chi connectivity index (χ0n) is 22.1. The Morgan fingerprint density at radius 2 is 1.76 bits per heavy atom. The maximum Gasteiger partial charge on any atom is 0.271 e. The number of nitrogens with one attached hydrogen (secondary N) is 2. The largest absolute Gasteiger partial charge is 0.493 e. The van der Waals surface area contributed by atoms with E-state index in [0.717, 1.165) is 32.1 Å². The van der Waals surface area contributed by atoms with Crippen molar-refractivity contribution in [2.45, 2.75) is 6.61 Å². The molecule has 11 heteroatoms. The van der Waals surface area contributed by atoms with Crippen LogP contribution in [-0.2, 0) is 6.61 Å². The molecule has 1 heterocycles. The first-order valence-corrected chi connectivity index (χ1v) is 15.0. The Hall–Kier alpha value is -3.89. The summed E-state index contributed by atoms with van der Waals surface area (Å²) in [6.45, 7) is 0.329. The molecule has 0 unspecified atom stereocenters. The molecule has 4 aromatic carbocycles. The highest BCUT2D eigenvalue weighted by atomic mass is 79.9. The van der Waals surface area contributed by atoms with Gasteiger partial charge in [-0.25, -0.2) is 10.4 Å². The van der Waals surface area contributed by atoms with Gasteiger partial charge >= 0.3 is 0 Å². The number of carbonyl (C=O) groups excluding carboxylic acids is 1. The van der Waals surface area contributed by atoms with Crippen LogP contribution in [0, 0.1) is 0 Å². The van der Waals surface area contributed by atoms with Crippen LogP contribution in [0.3, 0.4) is 0 Å². The predicted octanol–water partition coefficient (Wildman–Crippen LogP) is 8.97. The summed E-state index contributed by atoms with van der Waals surface area (Å²) < 4.78 is 12.4. The zero-order valence-corrected chi connectivity index (χ0v) is 26.0. The minimum absolute atomic E-state index is 0.329. The van der Waals surface area contributed by atoms with Crippen LogP contribution >= 0.6 is 50.5 Å². The Bertz CT molecular complexity index is 1710. The number of benzene rings is 4. The maximum atomic E-state index is 12.7. The maximum absolute atomic E-state index is 12.7. The van der Waals surface area contributed by atoms with Crippen molar-refractivity contribution in [2.75, 3.05) is 12.4 Å². The Kier molecular flexibility index (Phi) is 9.76. The number of carbonyl (C=O) groups is 1. The summed E-state index contributed by atoms with van der Waals surface area (Å²) >= 11 is 17.3. The average molecular weight is 682 g/mol. The molecule has 0 fully saturated rings. The lowest BCUT2D eigenvalue weighted by Gasteiger charge is -2.13. The van der Waals surface area contributed by atoms with Crippen molar-refractivity contribution in [3.8, 4) is 22.8 Å². The van der Waals surface area contributed by atoms with Gasteiger partial charge < -0.3 is 14.8 Å². The van der Waals surface area contributed by atoms with Crippen molar-refractivity contribution < 1.29 is 14.3 Å². The summed E-state index contributed by atoms with van der Waals surface area (Å²) in [5, 5.41) is 11.1. The number of rotatable bonds is 10. The fourth-order valence-corrected chi connectivity index (χ4v) is 5.24. The number of aromatic nitrogens is 1. The first-order chi connectivity index (χ1) is 20.4. The zero-order chi connectivity index (χ0) is 29.5. The van der Waals surface area contributed by atoms with Gasteiger partial charge in [0.25, 0.3) is 5.91 Å². The number of hydrogen-bond donors (Lipinski definition) is 2. The molecule has 0 bridgehead atoms. The molecule has 0 saturated carbocycles. The summed E-state index contributed by atoms with van der Waals surface area (Å²) in [7, 11) is 1.53. The lowest BCUT2D eigenvalue weighted by Crippen LogP contribution is -2.17. The van der Waals surface area contributed by atoms with Gasteiger partial charge in [-0.1, -0.05) is 63.4 Å². The van der Waals surface area contributed by atoms with E-state index in [0.29, 0.717) is 39.3 Å². The van der Waals surface area contributed by atoms with Gasteiger partial charge in [-0.2, -0.15) is 5.10 Å². The first-order valence-electron chi connectivity index (χ1n) is 12.5. The number of hydrogen-bond acceptors (Lipinski definition) is 7. The summed E-state index contributed by atoms with van der Waals surface area (Å²) in [6, 6.07) is 25.8. The summed E-state index contributed by atoms with van der Waals surface area (Å²) in [4.78, 5) is 17.3. The topological polar surface area (TPSA) is 84.8 Å². The van der Waals surface area contributed by atoms with Gasteiger partial charge in [0.1, 0.15) is 6.61 Å². The third-order valence-electron chi connectivity index (χ3n) is 5.97. The van der Waals surface area contributed by atoms with E-state index >= 15 is 0 Å². The third-order valence-corrected chi connectivity index (χ3v) is 7.79. The standard InChI is InChI=1S/C31H23BrCl2N4O3S/c1-40-28-15-20(14-26(34)29(28)41-17-19-2-8-23(32)9-3-19)16-35-38-30(39)22-6-4-21(5-7-22)27-18-42-31(37-27)36-25-12-10-24(33)11-13-25/h2-16,18H,17H2,1H3,(H,36,37)(H,38,39)/b35-16-. The van der Waals surface area contributed by atoms with Crippen LogP contribution in [0.15, 0.2) is 99.9 Å². The van der Waals surface area contributed by atoms with Crippen molar-refractivity contribution >= 4 is 73.4 Å². The molecular weight excluding hydrogens is 659 g/mol. The lowest BCUT2D eigenvalue weighted by atomic mass is 10.1. The van der Waals surface area contributed by atoms with E-state index in [1.54, 1.807) is 24.3 Å². The number of halogens is 3. The molecule has 42 heavy (non-hydrogen) atoms. The van der Waals surface area contributed by atoms with Crippen LogP contribution in [0.1, 0.15) is 21.5 Å². The van der Waals surface area contributed by atoms with Crippen molar-refractivity contribution in [1.82, 2.24) is 10.4 Å². The van der Waals surface area contributed by atoms with Gasteiger partial charge in [-0.15, -0.1) is 11.3 Å². The number of nitrogens with zero attached hydrogens (tertiary/aromatic N) is 2. The van der Waals surface area contributed by atoms with Crippen molar-refractivity contribution in [2.24, 2.45) is 5.10 Å². The molecule has 2 N–H and O–H groups in total. The highest BCUT2D eigenvalue weighted by Gasteiger charge is 2.13. The number of hydrazone groups is 1. The van der Waals surface area contributed by atoms with Gasteiger partial charge in [0, 0.05) is 31.7 Å². The van der Waals surface area contributed by atoms with Crippen molar-refractivity contribution in [3.63, 3.8) is 0 Å². The average Bonchev–Trinajstić information content (AvgIpc) is 3.47. The summed E-state index contributed by atoms with van der Waals surface area (Å²) in [5.74, 6) is 0.529. The number of thiazole rings is 1. The SMILES string of the molecule is COc1cc(/C=N\NC(=O)c2ccc(-c3csc(Nc4ccc(Cl)cc4)n3)cc2)cc(Cl)c1OCc1ccc(Br)cc1. The van der Waals surface area contributed by atoms with E-state index in [-0.39, 0.29) is 5.91 Å². The summed E-state index contributed by atoms with van der Waals surface area (Å²) in [5.41, 5.74) is 7.21. The van der Waals surface area contributed by atoms with E-state index in [1.165, 1.54) is 24.7 Å². The fraction of sp³-hybridized carbons (Fsp3) is 0.0645. The van der Waals surface area contributed by atoms with E-state index in [2.05, 4.69) is 36.8 Å². The normalized spacial score (nSPS) is 11.0. The van der Waals surface area contributed by atoms with E-state index in [9.17, 15) is 4.79 Å². The molecule has 5 rings (SSSR count). The van der Waals surface area contributed by atoms with Crippen LogP contribution in [0.2, 0.25) is 10.0 Å². The minimum atomic E-state index is -0.353. The van der Waals surface area contributed by atoms with Crippen LogP contribution in [0.5, 0.6) is 11.5 Å². The van der Waals surface area contributed by atoms with Crippen LogP contribution < -0.4 is 20.2 Å². The Labute approximate surface area is 265 Å². The molecule has 0 aliphatic rings. The highest BCUT2D eigenvalue weighted by molar-refractivity contribution is 9.10. The van der Waals surface area contributed by atoms with Crippen molar-refractivity contribution in [1.29, 1.82) is 0 Å². The van der Waals surface area contributed by atoms with Gasteiger partial charge in [-0.3, -0.25) is 4.79 Å². The number of methoxy groups -OCH3 is 1. The smallest absolute Gasteiger partial charge is 0.271 e. The molecule has 1 aromatic heterocycles. The Morgan fingerprint density at radius 3 is 2.48 bits per heavy atom. The van der Waals surface area contributed by atoms with Crippen LogP contribution in [0.4, 0.5) is 10.8 Å². The molecule has 0 aliphatic carbocycles. The number of amides is 1. The van der Waals surface area contributed by atoms with E-state index < -0.39 is 0 Å². The van der Waals surface area contributed by atoms with Crippen LogP contribution in [0.25, 0.3) is 11.3 Å². The molecule has 0 aliphatic heterocycles. The molecule has 0 atom stereocenters. The first kappa shape index (κ1) is 29.6. The fourth-order valence-electron chi connectivity index (χ4n) is 3.83. The Balaban J connectivity index is 1.18. The predicted molar refractivity (Wildman–Crippen MR) is 174 cm³/mol. The van der Waals surface area contributed by atoms with Crippen molar-refractivity contribution in [3.05, 3.63) is 122 Å². The minimum Gasteiger partial charge on any atom is -0.493 e. The van der Waals surface area contributed by atoms with Gasteiger partial charge in [0.15, 0.2) is 16.6 Å². The monoisotopic (exact) mass is 680 g/mol. The van der Waals surface area contributed by atoms with E-state index in [1.807, 2.05) is 66.0 Å². The molecule has 1 amide bonds. The number of anilines is 2. The molecule has 0 radical (unpaired) electrons. The molecule has 0 saturated heterocycles. The quantitative estimate of drug-likeness (QED) is 0.114. The van der Waals surface area contributed by atoms with Crippen LogP contribution in [-0.4, -0.2) is 24.2 Å². The second-order valence-corrected chi connectivity index (χ2v) is 11.5. The lowest BCUT2D eigenvalue weighted by molar-refractivity contribution is 0.0955. The van der Waals surface area contributed by atoms with Gasteiger partial charge in [0.2, 0.25) is 0 Å². The third kappa shape index (κ3) is 7.68. The summed E-state index contributed by atoms with van der Waals surface area (Å²) in [6.07, 6.45) is 1.49. The number of ether oxygens (including phenoxy) is 2. The Morgan fingerprint density at radius 1 is 1.02 bits per heavy atom. The van der Waals surface area contributed by atoms with Gasteiger partial charge in [-0.05, 0) is 71.8 Å². The highest BCUT2D eigenvalue weighted by Crippen LogP contribution is 2.36. The second-order valence-electron chi connectivity index (χ2n) is 8.90. The van der Waals surface area contributed by atoms with Gasteiger partial charge in [0.05, 0.1) is 24.0 Å². The molecule has 0 spiro atoms. The second kappa shape index (κ2) is 13.8. The molecule has 212 valence electrons. The molecule has 7 nitrogen and oxygen atoms in total. The van der Waals surface area contributed by atoms with E-state index in [4.69, 9.17) is 32.7 Å². The molecular formula is C31H23BrCl2N4O3S.